The second kappa shape index (κ2) is 7.10. The van der Waals surface area contributed by atoms with Gasteiger partial charge in [0.1, 0.15) is 0 Å². The smallest absolute Gasteiger partial charge is 0.0465 e. The molecular formula is C16H30O2. The fraction of sp³-hybridized carbons (Fsp3) is 0.750. The Kier molecular flexibility index (Phi) is 6.87. The van der Waals surface area contributed by atoms with Gasteiger partial charge in [-0.05, 0) is 34.8 Å². The van der Waals surface area contributed by atoms with E-state index in [4.69, 9.17) is 10.2 Å². The minimum absolute atomic E-state index is 0.0454. The van der Waals surface area contributed by atoms with Crippen molar-refractivity contribution >= 4 is 0 Å². The van der Waals surface area contributed by atoms with Gasteiger partial charge in [0.2, 0.25) is 0 Å². The van der Waals surface area contributed by atoms with Crippen molar-refractivity contribution in [1.29, 1.82) is 0 Å². The maximum Gasteiger partial charge on any atom is 0.0465 e. The molecule has 0 aliphatic rings. The van der Waals surface area contributed by atoms with Gasteiger partial charge in [-0.1, -0.05) is 53.7 Å². The molecule has 0 radical (unpaired) electrons. The van der Waals surface area contributed by atoms with Crippen molar-refractivity contribution in [3.63, 3.8) is 0 Å². The third kappa shape index (κ3) is 5.83. The second-order valence-corrected chi connectivity index (χ2v) is 6.76. The van der Waals surface area contributed by atoms with Crippen LogP contribution in [0.3, 0.4) is 0 Å². The highest BCUT2D eigenvalue weighted by molar-refractivity contribution is 5.39. The van der Waals surface area contributed by atoms with E-state index in [1.807, 2.05) is 0 Å². The molecule has 0 aromatic heterocycles. The van der Waals surface area contributed by atoms with E-state index < -0.39 is 0 Å². The van der Waals surface area contributed by atoms with Crippen molar-refractivity contribution in [1.82, 2.24) is 0 Å². The van der Waals surface area contributed by atoms with Crippen LogP contribution in [-0.2, 0) is 0 Å². The standard InChI is InChI=1S/C16H30O2/c1-15(2,3)13(9-7-11-17)14(10-8-12-18)16(4,5)6/h9-10,17-18H,7-8,11-12H2,1-6H3/b13-9-,14-10-. The summed E-state index contributed by atoms with van der Waals surface area (Å²) in [5.41, 5.74) is 2.64. The molecule has 2 N–H and O–H groups in total. The first-order valence-electron chi connectivity index (χ1n) is 6.78. The summed E-state index contributed by atoms with van der Waals surface area (Å²) in [5, 5.41) is 18.1. The largest absolute Gasteiger partial charge is 0.396 e. The van der Waals surface area contributed by atoms with Crippen LogP contribution in [-0.4, -0.2) is 23.4 Å². The first kappa shape index (κ1) is 17.4. The lowest BCUT2D eigenvalue weighted by atomic mass is 9.72. The van der Waals surface area contributed by atoms with Gasteiger partial charge in [0.25, 0.3) is 0 Å². The predicted molar refractivity (Wildman–Crippen MR) is 78.5 cm³/mol. The van der Waals surface area contributed by atoms with Gasteiger partial charge in [0.05, 0.1) is 0 Å². The van der Waals surface area contributed by atoms with Gasteiger partial charge in [0.15, 0.2) is 0 Å². The number of rotatable bonds is 5. The maximum atomic E-state index is 9.04. The normalized spacial score (nSPS) is 15.1. The van der Waals surface area contributed by atoms with E-state index in [9.17, 15) is 0 Å². The van der Waals surface area contributed by atoms with Crippen molar-refractivity contribution in [2.24, 2.45) is 10.8 Å². The Morgan fingerprint density at radius 3 is 1.17 bits per heavy atom. The van der Waals surface area contributed by atoms with Crippen LogP contribution >= 0.6 is 0 Å². The summed E-state index contributed by atoms with van der Waals surface area (Å²) in [5.74, 6) is 0. The molecular weight excluding hydrogens is 224 g/mol. The first-order valence-corrected chi connectivity index (χ1v) is 6.78. The Bertz CT molecular complexity index is 266. The number of hydrogen-bond donors (Lipinski definition) is 2. The summed E-state index contributed by atoms with van der Waals surface area (Å²) in [6, 6.07) is 0. The van der Waals surface area contributed by atoms with Crippen LogP contribution < -0.4 is 0 Å². The molecule has 0 aromatic rings. The van der Waals surface area contributed by atoms with E-state index in [1.165, 1.54) is 11.1 Å². The number of aliphatic hydroxyl groups excluding tert-OH is 2. The first-order chi connectivity index (χ1) is 8.14. The molecule has 0 atom stereocenters. The molecule has 0 spiro atoms. The Balaban J connectivity index is 5.51. The molecule has 0 fully saturated rings. The molecule has 0 unspecified atom stereocenters. The lowest BCUT2D eigenvalue weighted by molar-refractivity contribution is 0.299. The molecule has 0 aliphatic carbocycles. The Morgan fingerprint density at radius 1 is 0.722 bits per heavy atom. The molecule has 0 aromatic carbocycles. The minimum atomic E-state index is 0.0454. The van der Waals surface area contributed by atoms with Crippen LogP contribution in [0.2, 0.25) is 0 Å². The fourth-order valence-corrected chi connectivity index (χ4v) is 2.06. The summed E-state index contributed by atoms with van der Waals surface area (Å²) < 4.78 is 0. The second-order valence-electron chi connectivity index (χ2n) is 6.76. The highest BCUT2D eigenvalue weighted by atomic mass is 16.3. The average molecular weight is 254 g/mol. The Morgan fingerprint density at radius 2 is 1.00 bits per heavy atom. The molecule has 2 heteroatoms. The summed E-state index contributed by atoms with van der Waals surface area (Å²) in [7, 11) is 0. The molecule has 18 heavy (non-hydrogen) atoms. The van der Waals surface area contributed by atoms with Gasteiger partial charge in [-0.3, -0.25) is 0 Å². The zero-order chi connectivity index (χ0) is 14.4. The molecule has 0 amide bonds. The molecule has 2 nitrogen and oxygen atoms in total. The van der Waals surface area contributed by atoms with Gasteiger partial charge < -0.3 is 10.2 Å². The summed E-state index contributed by atoms with van der Waals surface area (Å²) in [4.78, 5) is 0. The van der Waals surface area contributed by atoms with Gasteiger partial charge in [-0.2, -0.15) is 0 Å². The zero-order valence-corrected chi connectivity index (χ0v) is 12.9. The third-order valence-corrected chi connectivity index (χ3v) is 2.86. The zero-order valence-electron chi connectivity index (χ0n) is 12.9. The lowest BCUT2D eigenvalue weighted by Gasteiger charge is -2.33. The van der Waals surface area contributed by atoms with Crippen molar-refractivity contribution in [2.45, 2.75) is 54.4 Å². The molecule has 0 bridgehead atoms. The molecule has 106 valence electrons. The minimum Gasteiger partial charge on any atom is -0.396 e. The number of hydrogen-bond acceptors (Lipinski definition) is 2. The quantitative estimate of drug-likeness (QED) is 0.734. The van der Waals surface area contributed by atoms with E-state index >= 15 is 0 Å². The maximum absolute atomic E-state index is 9.04. The monoisotopic (exact) mass is 254 g/mol. The topological polar surface area (TPSA) is 40.5 Å². The van der Waals surface area contributed by atoms with Crippen LogP contribution in [0.25, 0.3) is 0 Å². The van der Waals surface area contributed by atoms with Crippen LogP contribution in [0.4, 0.5) is 0 Å². The Hall–Kier alpha value is -0.600. The van der Waals surface area contributed by atoms with Crippen molar-refractivity contribution in [3.8, 4) is 0 Å². The fourth-order valence-electron chi connectivity index (χ4n) is 2.06. The number of allylic oxidation sites excluding steroid dienone is 2. The van der Waals surface area contributed by atoms with Crippen LogP contribution in [0.15, 0.2) is 23.3 Å². The van der Waals surface area contributed by atoms with Crippen molar-refractivity contribution < 1.29 is 10.2 Å². The van der Waals surface area contributed by atoms with E-state index in [0.29, 0.717) is 12.8 Å². The lowest BCUT2D eigenvalue weighted by Crippen LogP contribution is -2.20. The van der Waals surface area contributed by atoms with E-state index in [1.54, 1.807) is 0 Å². The van der Waals surface area contributed by atoms with Crippen LogP contribution in [0.5, 0.6) is 0 Å². The molecule has 0 aliphatic heterocycles. The summed E-state index contributed by atoms with van der Waals surface area (Å²) in [6.07, 6.45) is 5.63. The third-order valence-electron chi connectivity index (χ3n) is 2.86. The Labute approximate surface area is 112 Å². The SMILES string of the molecule is CC(C)(C)C(=C\CCO)/C(=C/CCO)C(C)(C)C. The summed E-state index contributed by atoms with van der Waals surface area (Å²) in [6.45, 7) is 13.5. The van der Waals surface area contributed by atoms with Crippen molar-refractivity contribution in [3.05, 3.63) is 23.3 Å². The van der Waals surface area contributed by atoms with Crippen LogP contribution in [0, 0.1) is 10.8 Å². The van der Waals surface area contributed by atoms with Gasteiger partial charge >= 0.3 is 0 Å². The average Bonchev–Trinajstić information content (AvgIpc) is 2.19. The van der Waals surface area contributed by atoms with Crippen molar-refractivity contribution in [2.75, 3.05) is 13.2 Å². The van der Waals surface area contributed by atoms with Gasteiger partial charge in [0, 0.05) is 13.2 Å². The van der Waals surface area contributed by atoms with Crippen LogP contribution in [0.1, 0.15) is 54.4 Å². The number of aliphatic hydroxyl groups is 2. The highest BCUT2D eigenvalue weighted by Gasteiger charge is 2.27. The van der Waals surface area contributed by atoms with E-state index in [-0.39, 0.29) is 24.0 Å². The van der Waals surface area contributed by atoms with E-state index in [2.05, 4.69) is 53.7 Å². The molecule has 0 saturated heterocycles. The highest BCUT2D eigenvalue weighted by Crippen LogP contribution is 2.40. The molecule has 0 heterocycles. The van der Waals surface area contributed by atoms with E-state index in [0.717, 1.165) is 0 Å². The molecule has 0 saturated carbocycles. The summed E-state index contributed by atoms with van der Waals surface area (Å²) >= 11 is 0. The molecule has 0 rings (SSSR count). The van der Waals surface area contributed by atoms with Gasteiger partial charge in [-0.25, -0.2) is 0 Å². The van der Waals surface area contributed by atoms with Gasteiger partial charge in [-0.15, -0.1) is 0 Å². The predicted octanol–water partition coefficient (Wildman–Crippen LogP) is 3.70.